The molecule has 1 amide bonds. The summed E-state index contributed by atoms with van der Waals surface area (Å²) in [4.78, 5) is 11.8. The Kier molecular flexibility index (Phi) is 5.11. The van der Waals surface area contributed by atoms with E-state index in [0.717, 1.165) is 5.56 Å². The van der Waals surface area contributed by atoms with Gasteiger partial charge in [0.25, 0.3) is 0 Å². The molecule has 1 N–H and O–H groups in total. The van der Waals surface area contributed by atoms with Gasteiger partial charge in [0.1, 0.15) is 5.82 Å². The van der Waals surface area contributed by atoms with Gasteiger partial charge >= 0.3 is 0 Å². The number of carbonyl (C=O) groups excluding carboxylic acids is 1. The van der Waals surface area contributed by atoms with Crippen LogP contribution in [0.4, 0.5) is 4.39 Å². The number of nitrogens with one attached hydrogen (secondary N) is 1. The molecule has 5 heteroatoms. The van der Waals surface area contributed by atoms with Crippen molar-refractivity contribution in [3.63, 3.8) is 0 Å². The first kappa shape index (κ1) is 16.1. The van der Waals surface area contributed by atoms with Crippen molar-refractivity contribution in [3.8, 4) is 11.5 Å². The Bertz CT molecular complexity index is 758. The molecular formula is C19H18FNO3. The van der Waals surface area contributed by atoms with Gasteiger partial charge in [0.15, 0.2) is 11.5 Å². The van der Waals surface area contributed by atoms with Gasteiger partial charge in [0.2, 0.25) is 12.7 Å². The summed E-state index contributed by atoms with van der Waals surface area (Å²) in [6.45, 7) is 0.726. The van der Waals surface area contributed by atoms with E-state index in [1.807, 2.05) is 24.3 Å². The molecule has 24 heavy (non-hydrogen) atoms. The highest BCUT2D eigenvalue weighted by Crippen LogP contribution is 2.32. The van der Waals surface area contributed by atoms with Crippen molar-refractivity contribution >= 4 is 12.0 Å². The molecule has 1 aliphatic heterocycles. The fourth-order valence-electron chi connectivity index (χ4n) is 2.44. The van der Waals surface area contributed by atoms with Crippen LogP contribution in [0.15, 0.2) is 48.5 Å². The lowest BCUT2D eigenvalue weighted by Gasteiger charge is -2.04. The fraction of sp³-hybridized carbons (Fsp3) is 0.211. The van der Waals surface area contributed by atoms with E-state index in [0.29, 0.717) is 36.4 Å². The average Bonchev–Trinajstić information content (AvgIpc) is 3.06. The smallest absolute Gasteiger partial charge is 0.243 e. The topological polar surface area (TPSA) is 47.6 Å². The van der Waals surface area contributed by atoms with Gasteiger partial charge in [-0.1, -0.05) is 24.3 Å². The van der Waals surface area contributed by atoms with Crippen LogP contribution in [0.25, 0.3) is 6.08 Å². The first-order valence-electron chi connectivity index (χ1n) is 7.81. The molecule has 0 aliphatic carbocycles. The first-order chi connectivity index (χ1) is 11.7. The summed E-state index contributed by atoms with van der Waals surface area (Å²) < 4.78 is 24.0. The second kappa shape index (κ2) is 7.64. The molecule has 3 rings (SSSR count). The third-order valence-corrected chi connectivity index (χ3v) is 3.70. The lowest BCUT2D eigenvalue weighted by atomic mass is 10.1. The zero-order valence-electron chi connectivity index (χ0n) is 13.1. The Morgan fingerprint density at radius 1 is 1.17 bits per heavy atom. The average molecular weight is 327 g/mol. The normalized spacial score (nSPS) is 12.5. The Hall–Kier alpha value is -2.82. The molecule has 124 valence electrons. The third kappa shape index (κ3) is 4.13. The van der Waals surface area contributed by atoms with Crippen molar-refractivity contribution in [1.29, 1.82) is 0 Å². The van der Waals surface area contributed by atoms with Crippen molar-refractivity contribution < 1.29 is 18.7 Å². The minimum Gasteiger partial charge on any atom is -0.454 e. The summed E-state index contributed by atoms with van der Waals surface area (Å²) in [6, 6.07) is 12.2. The van der Waals surface area contributed by atoms with Gasteiger partial charge in [-0.15, -0.1) is 0 Å². The van der Waals surface area contributed by atoms with E-state index < -0.39 is 0 Å². The van der Waals surface area contributed by atoms with Crippen LogP contribution in [0.2, 0.25) is 0 Å². The quantitative estimate of drug-likeness (QED) is 0.654. The summed E-state index contributed by atoms with van der Waals surface area (Å²) in [6.07, 6.45) is 4.47. The molecule has 0 unspecified atom stereocenters. The van der Waals surface area contributed by atoms with Crippen molar-refractivity contribution in [2.75, 3.05) is 13.3 Å². The molecule has 0 fully saturated rings. The highest BCUT2D eigenvalue weighted by Gasteiger charge is 2.12. The molecular weight excluding hydrogens is 309 g/mol. The number of rotatable bonds is 6. The van der Waals surface area contributed by atoms with Crippen LogP contribution >= 0.6 is 0 Å². The molecule has 0 spiro atoms. The standard InChI is InChI=1S/C19H18FNO3/c20-16-6-2-1-4-15(16)5-3-11-21-19(22)10-8-14-7-9-17-18(12-14)24-13-23-17/h1-2,4,6-10,12H,3,5,11,13H2,(H,21,22). The summed E-state index contributed by atoms with van der Waals surface area (Å²) in [7, 11) is 0. The molecule has 0 saturated carbocycles. The monoisotopic (exact) mass is 327 g/mol. The highest BCUT2D eigenvalue weighted by atomic mass is 19.1. The summed E-state index contributed by atoms with van der Waals surface area (Å²) in [5.41, 5.74) is 1.53. The van der Waals surface area contributed by atoms with Crippen LogP contribution < -0.4 is 14.8 Å². The van der Waals surface area contributed by atoms with E-state index in [9.17, 15) is 9.18 Å². The second-order valence-corrected chi connectivity index (χ2v) is 5.43. The van der Waals surface area contributed by atoms with Gasteiger partial charge < -0.3 is 14.8 Å². The maximum atomic E-state index is 13.5. The number of fused-ring (bicyclic) bond motifs is 1. The van der Waals surface area contributed by atoms with Crippen LogP contribution in [-0.2, 0) is 11.2 Å². The van der Waals surface area contributed by atoms with Crippen LogP contribution in [0.1, 0.15) is 17.5 Å². The van der Waals surface area contributed by atoms with Crippen LogP contribution in [-0.4, -0.2) is 19.2 Å². The van der Waals surface area contributed by atoms with Crippen molar-refractivity contribution in [2.24, 2.45) is 0 Å². The lowest BCUT2D eigenvalue weighted by Crippen LogP contribution is -2.22. The number of amides is 1. The molecule has 0 radical (unpaired) electrons. The number of aryl methyl sites for hydroxylation is 1. The highest BCUT2D eigenvalue weighted by molar-refractivity contribution is 5.91. The Labute approximate surface area is 139 Å². The van der Waals surface area contributed by atoms with Gasteiger partial charge in [-0.2, -0.15) is 0 Å². The van der Waals surface area contributed by atoms with Crippen molar-refractivity contribution in [1.82, 2.24) is 5.32 Å². The molecule has 0 atom stereocenters. The van der Waals surface area contributed by atoms with Gasteiger partial charge in [-0.25, -0.2) is 4.39 Å². The molecule has 2 aromatic rings. The van der Waals surface area contributed by atoms with E-state index in [2.05, 4.69) is 5.32 Å². The lowest BCUT2D eigenvalue weighted by molar-refractivity contribution is -0.116. The maximum absolute atomic E-state index is 13.5. The molecule has 0 saturated heterocycles. The van der Waals surface area contributed by atoms with Crippen LogP contribution in [0.3, 0.4) is 0 Å². The predicted octanol–water partition coefficient (Wildman–Crippen LogP) is 3.32. The number of ether oxygens (including phenoxy) is 2. The van der Waals surface area contributed by atoms with E-state index in [4.69, 9.17) is 9.47 Å². The minimum absolute atomic E-state index is 0.179. The minimum atomic E-state index is -0.202. The van der Waals surface area contributed by atoms with Crippen LogP contribution in [0.5, 0.6) is 11.5 Å². The van der Waals surface area contributed by atoms with Crippen molar-refractivity contribution in [2.45, 2.75) is 12.8 Å². The predicted molar refractivity (Wildman–Crippen MR) is 89.3 cm³/mol. The zero-order valence-corrected chi connectivity index (χ0v) is 13.1. The summed E-state index contributed by atoms with van der Waals surface area (Å²) in [5, 5.41) is 2.79. The molecule has 1 aliphatic rings. The molecule has 2 aromatic carbocycles. The Balaban J connectivity index is 1.43. The Morgan fingerprint density at radius 3 is 2.88 bits per heavy atom. The number of hydrogen-bond acceptors (Lipinski definition) is 3. The number of benzene rings is 2. The largest absolute Gasteiger partial charge is 0.454 e. The SMILES string of the molecule is O=C(C=Cc1ccc2c(c1)OCO2)NCCCc1ccccc1F. The molecule has 0 bridgehead atoms. The third-order valence-electron chi connectivity index (χ3n) is 3.70. The van der Waals surface area contributed by atoms with E-state index in [1.54, 1.807) is 18.2 Å². The molecule has 4 nitrogen and oxygen atoms in total. The first-order valence-corrected chi connectivity index (χ1v) is 7.81. The van der Waals surface area contributed by atoms with Gasteiger partial charge in [0, 0.05) is 12.6 Å². The number of halogens is 1. The van der Waals surface area contributed by atoms with E-state index in [1.165, 1.54) is 12.1 Å². The fourth-order valence-corrected chi connectivity index (χ4v) is 2.44. The van der Waals surface area contributed by atoms with Gasteiger partial charge in [0.05, 0.1) is 0 Å². The van der Waals surface area contributed by atoms with Gasteiger partial charge in [-0.3, -0.25) is 4.79 Å². The maximum Gasteiger partial charge on any atom is 0.243 e. The van der Waals surface area contributed by atoms with E-state index in [-0.39, 0.29) is 18.5 Å². The number of carbonyl (C=O) groups is 1. The number of hydrogen-bond donors (Lipinski definition) is 1. The summed E-state index contributed by atoms with van der Waals surface area (Å²) >= 11 is 0. The van der Waals surface area contributed by atoms with Gasteiger partial charge in [-0.05, 0) is 48.2 Å². The van der Waals surface area contributed by atoms with E-state index >= 15 is 0 Å². The van der Waals surface area contributed by atoms with Crippen LogP contribution in [0, 0.1) is 5.82 Å². The summed E-state index contributed by atoms with van der Waals surface area (Å²) in [5.74, 6) is 1.01. The molecule has 1 heterocycles. The second-order valence-electron chi connectivity index (χ2n) is 5.43. The Morgan fingerprint density at radius 2 is 2.00 bits per heavy atom. The molecule has 0 aromatic heterocycles. The zero-order chi connectivity index (χ0) is 16.8. The van der Waals surface area contributed by atoms with Crippen molar-refractivity contribution in [3.05, 3.63) is 65.5 Å².